The number of benzene rings is 4. The van der Waals surface area contributed by atoms with Gasteiger partial charge in [-0.05, 0) is 60.5 Å². The molecule has 1 aliphatic heterocycles. The van der Waals surface area contributed by atoms with Crippen LogP contribution in [0.4, 0.5) is 11.6 Å². The van der Waals surface area contributed by atoms with E-state index >= 15 is 0 Å². The van der Waals surface area contributed by atoms with Crippen LogP contribution >= 0.6 is 46.6 Å². The lowest BCUT2D eigenvalue weighted by atomic mass is 9.95. The molecule has 222 valence electrons. The quantitative estimate of drug-likeness (QED) is 0.153. The van der Waals surface area contributed by atoms with E-state index in [9.17, 15) is 4.79 Å². The van der Waals surface area contributed by atoms with E-state index in [0.29, 0.717) is 60.2 Å². The average Bonchev–Trinajstić information content (AvgIpc) is 3.43. The zero-order chi connectivity index (χ0) is 30.6. The molecule has 5 aromatic rings. The molecule has 0 bridgehead atoms. The van der Waals surface area contributed by atoms with E-state index in [0.717, 1.165) is 11.1 Å². The van der Waals surface area contributed by atoms with Crippen molar-refractivity contribution in [2.75, 3.05) is 10.6 Å². The number of allylic oxidation sites excluding steroid dienone is 1. The fraction of sp³-hybridized carbons (Fsp3) is 0.121. The van der Waals surface area contributed by atoms with Crippen molar-refractivity contribution in [3.8, 4) is 5.75 Å². The molecule has 1 unspecified atom stereocenters. The smallest absolute Gasteiger partial charge is 0.255 e. The number of fused-ring (bicyclic) bond motifs is 1. The van der Waals surface area contributed by atoms with Gasteiger partial charge in [-0.2, -0.15) is 4.98 Å². The number of hydrogen-bond acceptors (Lipinski definition) is 6. The monoisotopic (exact) mass is 661 g/mol. The lowest BCUT2D eigenvalue weighted by Gasteiger charge is -2.28. The molecule has 1 aromatic heterocycles. The molecule has 7 nitrogen and oxygen atoms in total. The summed E-state index contributed by atoms with van der Waals surface area (Å²) in [5.74, 6) is 1.53. The highest BCUT2D eigenvalue weighted by atomic mass is 35.5. The topological polar surface area (TPSA) is 81.1 Å². The highest BCUT2D eigenvalue weighted by molar-refractivity contribution is 7.98. The Morgan fingerprint density at radius 1 is 0.909 bits per heavy atom. The normalized spacial score (nSPS) is 14.1. The third kappa shape index (κ3) is 6.59. The number of hydrogen-bond donors (Lipinski definition) is 2. The molecule has 2 heterocycles. The lowest BCUT2D eigenvalue weighted by molar-refractivity contribution is -0.113. The molecule has 4 aromatic carbocycles. The molecule has 11 heteroatoms. The Bertz CT molecular complexity index is 1820. The molecule has 0 spiro atoms. The number of carbonyl (C=O) groups is 1. The number of amides is 1. The highest BCUT2D eigenvalue weighted by Crippen LogP contribution is 2.38. The second-order valence-electron chi connectivity index (χ2n) is 9.99. The summed E-state index contributed by atoms with van der Waals surface area (Å²) >= 11 is 20.5. The van der Waals surface area contributed by atoms with E-state index in [4.69, 9.17) is 49.6 Å². The van der Waals surface area contributed by atoms with Gasteiger partial charge in [0.15, 0.2) is 0 Å². The fourth-order valence-electron chi connectivity index (χ4n) is 4.84. The molecular formula is C33H26Cl3N5O2S. The molecule has 44 heavy (non-hydrogen) atoms. The van der Waals surface area contributed by atoms with Gasteiger partial charge in [-0.15, -0.1) is 5.10 Å². The van der Waals surface area contributed by atoms with Crippen molar-refractivity contribution in [1.29, 1.82) is 0 Å². The molecule has 1 amide bonds. The third-order valence-electron chi connectivity index (χ3n) is 7.06. The fourth-order valence-corrected chi connectivity index (χ4v) is 6.47. The summed E-state index contributed by atoms with van der Waals surface area (Å²) in [5, 5.41) is 13.5. The molecule has 0 aliphatic carbocycles. The van der Waals surface area contributed by atoms with E-state index in [-0.39, 0.29) is 12.5 Å². The van der Waals surface area contributed by atoms with Gasteiger partial charge in [0.05, 0.1) is 5.57 Å². The van der Waals surface area contributed by atoms with Gasteiger partial charge in [0.1, 0.15) is 18.4 Å². The van der Waals surface area contributed by atoms with Crippen LogP contribution in [0.15, 0.2) is 113 Å². The Hall–Kier alpha value is -3.95. The van der Waals surface area contributed by atoms with Crippen LogP contribution in [-0.4, -0.2) is 20.7 Å². The van der Waals surface area contributed by atoms with E-state index in [1.54, 1.807) is 22.9 Å². The minimum atomic E-state index is -0.552. The molecule has 0 radical (unpaired) electrons. The minimum Gasteiger partial charge on any atom is -0.489 e. The van der Waals surface area contributed by atoms with Crippen molar-refractivity contribution < 1.29 is 9.53 Å². The number of anilines is 2. The number of nitrogens with zero attached hydrogens (tertiary/aromatic N) is 3. The minimum absolute atomic E-state index is 0.216. The molecule has 1 atom stereocenters. The van der Waals surface area contributed by atoms with Gasteiger partial charge < -0.3 is 15.4 Å². The molecule has 0 saturated heterocycles. The SMILES string of the molecule is CC1=C(C(=O)Nc2ccccc2)C(c2ccc(OCc3c(Cl)cccc3Cl)cc2)n2nc(SCc3ccccc3Cl)nc2N1. The maximum absolute atomic E-state index is 13.8. The van der Waals surface area contributed by atoms with Gasteiger partial charge in [-0.25, -0.2) is 4.68 Å². The summed E-state index contributed by atoms with van der Waals surface area (Å²) in [7, 11) is 0. The van der Waals surface area contributed by atoms with Gasteiger partial charge in [0.2, 0.25) is 11.1 Å². The second kappa shape index (κ2) is 13.4. The number of thioether (sulfide) groups is 1. The number of aromatic nitrogens is 3. The highest BCUT2D eigenvalue weighted by Gasteiger charge is 2.34. The van der Waals surface area contributed by atoms with Crippen molar-refractivity contribution in [3.63, 3.8) is 0 Å². The van der Waals surface area contributed by atoms with Crippen LogP contribution in [0.1, 0.15) is 29.7 Å². The van der Waals surface area contributed by atoms with Crippen LogP contribution in [0.2, 0.25) is 15.1 Å². The van der Waals surface area contributed by atoms with Crippen LogP contribution in [0.25, 0.3) is 0 Å². The molecule has 6 rings (SSSR count). The number of nitrogens with one attached hydrogen (secondary N) is 2. The number of halogens is 3. The van der Waals surface area contributed by atoms with Crippen LogP contribution < -0.4 is 15.4 Å². The number of para-hydroxylation sites is 1. The lowest BCUT2D eigenvalue weighted by Crippen LogP contribution is -2.31. The van der Waals surface area contributed by atoms with Crippen molar-refractivity contribution in [3.05, 3.63) is 140 Å². The van der Waals surface area contributed by atoms with Gasteiger partial charge in [0, 0.05) is 37.8 Å². The van der Waals surface area contributed by atoms with E-state index in [2.05, 4.69) is 10.6 Å². The number of ether oxygens (including phenoxy) is 1. The maximum Gasteiger partial charge on any atom is 0.255 e. The zero-order valence-electron chi connectivity index (χ0n) is 23.4. The standard InChI is InChI=1S/C33H26Cl3N5O2S/c1-20-29(31(42)38-23-9-3-2-4-10-23)30(21-14-16-24(17-15-21)43-18-25-27(35)12-7-13-28(25)36)41-32(37-20)39-33(40-41)44-19-22-8-5-6-11-26(22)34/h2-17,30H,18-19H2,1H3,(H,38,42)(H,37,39,40). The van der Waals surface area contributed by atoms with Crippen molar-refractivity contribution in [2.45, 2.75) is 30.5 Å². The Balaban J connectivity index is 1.30. The summed E-state index contributed by atoms with van der Waals surface area (Å²) in [6, 6.07) is 29.4. The average molecular weight is 663 g/mol. The van der Waals surface area contributed by atoms with Gasteiger partial charge in [-0.3, -0.25) is 4.79 Å². The zero-order valence-corrected chi connectivity index (χ0v) is 26.5. The first-order valence-corrected chi connectivity index (χ1v) is 15.8. The summed E-state index contributed by atoms with van der Waals surface area (Å²) < 4.78 is 7.76. The summed E-state index contributed by atoms with van der Waals surface area (Å²) in [5.41, 5.74) is 4.43. The molecule has 2 N–H and O–H groups in total. The predicted molar refractivity (Wildman–Crippen MR) is 178 cm³/mol. The maximum atomic E-state index is 13.8. The van der Waals surface area contributed by atoms with Crippen LogP contribution in [-0.2, 0) is 17.2 Å². The molecule has 1 aliphatic rings. The first-order valence-electron chi connectivity index (χ1n) is 13.7. The Labute approximate surface area is 274 Å². The van der Waals surface area contributed by atoms with Crippen molar-refractivity contribution in [1.82, 2.24) is 14.8 Å². The van der Waals surface area contributed by atoms with Crippen LogP contribution in [0.3, 0.4) is 0 Å². The largest absolute Gasteiger partial charge is 0.489 e. The van der Waals surface area contributed by atoms with Gasteiger partial charge in [-0.1, -0.05) is 101 Å². The number of rotatable bonds is 9. The second-order valence-corrected chi connectivity index (χ2v) is 12.2. The molecule has 0 saturated carbocycles. The molecular weight excluding hydrogens is 637 g/mol. The van der Waals surface area contributed by atoms with Crippen LogP contribution in [0, 0.1) is 0 Å². The van der Waals surface area contributed by atoms with Gasteiger partial charge in [0.25, 0.3) is 5.91 Å². The van der Waals surface area contributed by atoms with E-state index < -0.39 is 6.04 Å². The summed E-state index contributed by atoms with van der Waals surface area (Å²) in [6.45, 7) is 2.08. The van der Waals surface area contributed by atoms with E-state index in [1.807, 2.05) is 85.8 Å². The Morgan fingerprint density at radius 2 is 1.59 bits per heavy atom. The Morgan fingerprint density at radius 3 is 2.32 bits per heavy atom. The van der Waals surface area contributed by atoms with E-state index in [1.165, 1.54) is 11.8 Å². The van der Waals surface area contributed by atoms with Crippen molar-refractivity contribution in [2.24, 2.45) is 0 Å². The summed E-state index contributed by atoms with van der Waals surface area (Å²) in [6.07, 6.45) is 0. The molecule has 0 fully saturated rings. The van der Waals surface area contributed by atoms with Gasteiger partial charge >= 0.3 is 0 Å². The summed E-state index contributed by atoms with van der Waals surface area (Å²) in [4.78, 5) is 18.5. The van der Waals surface area contributed by atoms with Crippen molar-refractivity contribution >= 4 is 64.1 Å². The first-order chi connectivity index (χ1) is 21.4. The first kappa shape index (κ1) is 30.1. The number of carbonyl (C=O) groups excluding carboxylic acids is 1. The third-order valence-corrected chi connectivity index (χ3v) is 9.03. The Kier molecular flexibility index (Phi) is 9.14. The predicted octanol–water partition coefficient (Wildman–Crippen LogP) is 9.04. The van der Waals surface area contributed by atoms with Crippen LogP contribution in [0.5, 0.6) is 5.75 Å².